The first-order chi connectivity index (χ1) is 10.2. The number of nitro groups is 1. The molecule has 0 saturated heterocycles. The predicted molar refractivity (Wildman–Crippen MR) is 76.8 cm³/mol. The smallest absolute Gasteiger partial charge is 0.292 e. The summed E-state index contributed by atoms with van der Waals surface area (Å²) in [5, 5.41) is 21.8. The molecule has 0 amide bonds. The van der Waals surface area contributed by atoms with Crippen molar-refractivity contribution in [3.63, 3.8) is 0 Å². The van der Waals surface area contributed by atoms with Crippen LogP contribution in [0.25, 0.3) is 0 Å². The van der Waals surface area contributed by atoms with Crippen molar-refractivity contribution in [2.75, 3.05) is 18.9 Å². The maximum absolute atomic E-state index is 10.9. The average molecular weight is 288 g/mol. The molecule has 110 valence electrons. The summed E-state index contributed by atoms with van der Waals surface area (Å²) in [6, 6.07) is 5.18. The lowest BCUT2D eigenvalue weighted by atomic mass is 10.1. The highest BCUT2D eigenvalue weighted by molar-refractivity contribution is 5.62. The van der Waals surface area contributed by atoms with Gasteiger partial charge in [-0.15, -0.1) is 10.2 Å². The number of nitro benzene ring substituents is 1. The van der Waals surface area contributed by atoms with E-state index < -0.39 is 0 Å². The molecule has 0 radical (unpaired) electrons. The molecule has 0 unspecified atom stereocenters. The Morgan fingerprint density at radius 3 is 3.05 bits per heavy atom. The van der Waals surface area contributed by atoms with Crippen molar-refractivity contribution in [2.45, 2.75) is 19.6 Å². The second-order valence-corrected chi connectivity index (χ2v) is 5.01. The zero-order chi connectivity index (χ0) is 14.8. The standard InChI is InChI=1S/C13H16N6O2/c1-14-11-6-10(2-3-12(11)19(20)21)7-17-4-5-18-9-15-16-13(18)8-17/h2-3,6,9,14H,4-5,7-8H2,1H3. The van der Waals surface area contributed by atoms with Crippen molar-refractivity contribution >= 4 is 11.4 Å². The number of hydrogen-bond acceptors (Lipinski definition) is 6. The number of aromatic nitrogens is 3. The van der Waals surface area contributed by atoms with Crippen LogP contribution in [-0.4, -0.2) is 38.2 Å². The molecule has 1 aromatic carbocycles. The molecule has 2 aromatic rings. The van der Waals surface area contributed by atoms with Crippen LogP contribution in [0.4, 0.5) is 11.4 Å². The fourth-order valence-corrected chi connectivity index (χ4v) is 2.55. The van der Waals surface area contributed by atoms with E-state index in [2.05, 4.69) is 20.4 Å². The van der Waals surface area contributed by atoms with Gasteiger partial charge in [0, 0.05) is 32.7 Å². The number of nitrogens with one attached hydrogen (secondary N) is 1. The van der Waals surface area contributed by atoms with E-state index in [4.69, 9.17) is 0 Å². The summed E-state index contributed by atoms with van der Waals surface area (Å²) < 4.78 is 2.05. The Kier molecular flexibility index (Phi) is 3.53. The van der Waals surface area contributed by atoms with Gasteiger partial charge in [-0.25, -0.2) is 0 Å². The summed E-state index contributed by atoms with van der Waals surface area (Å²) in [5.41, 5.74) is 1.68. The molecule has 3 rings (SSSR count). The fourth-order valence-electron chi connectivity index (χ4n) is 2.55. The van der Waals surface area contributed by atoms with E-state index in [1.165, 1.54) is 0 Å². The van der Waals surface area contributed by atoms with Crippen molar-refractivity contribution in [1.82, 2.24) is 19.7 Å². The number of nitrogens with zero attached hydrogens (tertiary/aromatic N) is 5. The Labute approximate surface area is 121 Å². The molecule has 0 spiro atoms. The van der Waals surface area contributed by atoms with Crippen molar-refractivity contribution in [3.05, 3.63) is 46.0 Å². The van der Waals surface area contributed by atoms with Crippen LogP contribution in [0.15, 0.2) is 24.5 Å². The number of benzene rings is 1. The molecule has 2 heterocycles. The minimum Gasteiger partial charge on any atom is -0.383 e. The van der Waals surface area contributed by atoms with E-state index in [1.54, 1.807) is 25.5 Å². The van der Waals surface area contributed by atoms with Crippen molar-refractivity contribution < 1.29 is 4.92 Å². The lowest BCUT2D eigenvalue weighted by Gasteiger charge is -2.26. The minimum absolute atomic E-state index is 0.0969. The Morgan fingerprint density at radius 1 is 1.43 bits per heavy atom. The van der Waals surface area contributed by atoms with Crippen molar-refractivity contribution in [2.24, 2.45) is 0 Å². The molecule has 0 aliphatic carbocycles. The van der Waals surface area contributed by atoms with Crippen molar-refractivity contribution in [3.8, 4) is 0 Å². The molecule has 0 bridgehead atoms. The summed E-state index contributed by atoms with van der Waals surface area (Å²) in [7, 11) is 1.69. The normalized spacial score (nSPS) is 14.7. The van der Waals surface area contributed by atoms with E-state index in [-0.39, 0.29) is 10.6 Å². The summed E-state index contributed by atoms with van der Waals surface area (Å²) in [4.78, 5) is 12.8. The fraction of sp³-hybridized carbons (Fsp3) is 0.385. The van der Waals surface area contributed by atoms with Crippen LogP contribution in [-0.2, 0) is 19.6 Å². The van der Waals surface area contributed by atoms with Gasteiger partial charge in [0.05, 0.1) is 11.5 Å². The monoisotopic (exact) mass is 288 g/mol. The van der Waals surface area contributed by atoms with Gasteiger partial charge in [0.25, 0.3) is 5.69 Å². The second kappa shape index (κ2) is 5.49. The summed E-state index contributed by atoms with van der Waals surface area (Å²) in [5.74, 6) is 0.956. The number of hydrogen-bond donors (Lipinski definition) is 1. The van der Waals surface area contributed by atoms with E-state index >= 15 is 0 Å². The van der Waals surface area contributed by atoms with E-state index in [9.17, 15) is 10.1 Å². The Balaban J connectivity index is 1.75. The van der Waals surface area contributed by atoms with E-state index in [0.717, 1.165) is 37.6 Å². The van der Waals surface area contributed by atoms with Gasteiger partial charge in [-0.1, -0.05) is 6.07 Å². The van der Waals surface area contributed by atoms with Gasteiger partial charge in [-0.05, 0) is 11.6 Å². The maximum Gasteiger partial charge on any atom is 0.292 e. The van der Waals surface area contributed by atoms with Crippen molar-refractivity contribution in [1.29, 1.82) is 0 Å². The first-order valence-electron chi connectivity index (χ1n) is 6.71. The molecule has 1 aliphatic heterocycles. The molecule has 1 N–H and O–H groups in total. The Bertz CT molecular complexity index is 668. The predicted octanol–water partition coefficient (Wildman–Crippen LogP) is 1.24. The third kappa shape index (κ3) is 2.70. The minimum atomic E-state index is -0.376. The molecule has 21 heavy (non-hydrogen) atoms. The molecule has 1 aromatic heterocycles. The van der Waals surface area contributed by atoms with Crippen LogP contribution in [0, 0.1) is 10.1 Å². The quantitative estimate of drug-likeness (QED) is 0.672. The lowest BCUT2D eigenvalue weighted by Crippen LogP contribution is -2.33. The first-order valence-corrected chi connectivity index (χ1v) is 6.71. The summed E-state index contributed by atoms with van der Waals surface area (Å²) in [6.07, 6.45) is 1.75. The van der Waals surface area contributed by atoms with Gasteiger partial charge >= 0.3 is 0 Å². The Hall–Kier alpha value is -2.48. The molecule has 8 heteroatoms. The van der Waals surface area contributed by atoms with Crippen LogP contribution in [0.3, 0.4) is 0 Å². The molecule has 0 saturated carbocycles. The summed E-state index contributed by atoms with van der Waals surface area (Å²) >= 11 is 0. The highest BCUT2D eigenvalue weighted by Gasteiger charge is 2.19. The summed E-state index contributed by atoms with van der Waals surface area (Å²) in [6.45, 7) is 3.26. The highest BCUT2D eigenvalue weighted by Crippen LogP contribution is 2.26. The maximum atomic E-state index is 10.9. The Morgan fingerprint density at radius 2 is 2.29 bits per heavy atom. The zero-order valence-corrected chi connectivity index (χ0v) is 11.7. The molecular weight excluding hydrogens is 272 g/mol. The van der Waals surface area contributed by atoms with Gasteiger partial charge in [0.15, 0.2) is 0 Å². The largest absolute Gasteiger partial charge is 0.383 e. The third-order valence-electron chi connectivity index (χ3n) is 3.65. The van der Waals surface area contributed by atoms with Crippen LogP contribution >= 0.6 is 0 Å². The molecule has 0 atom stereocenters. The molecule has 8 nitrogen and oxygen atoms in total. The zero-order valence-electron chi connectivity index (χ0n) is 11.7. The van der Waals surface area contributed by atoms with E-state index in [0.29, 0.717) is 5.69 Å². The van der Waals surface area contributed by atoms with Crippen LogP contribution in [0.2, 0.25) is 0 Å². The van der Waals surface area contributed by atoms with E-state index in [1.807, 2.05) is 10.6 Å². The van der Waals surface area contributed by atoms with Gasteiger partial charge in [0.1, 0.15) is 17.8 Å². The first kappa shape index (κ1) is 13.5. The topological polar surface area (TPSA) is 89.1 Å². The molecule has 1 aliphatic rings. The van der Waals surface area contributed by atoms with Crippen LogP contribution < -0.4 is 5.32 Å². The van der Waals surface area contributed by atoms with Gasteiger partial charge in [-0.3, -0.25) is 15.0 Å². The third-order valence-corrected chi connectivity index (χ3v) is 3.65. The lowest BCUT2D eigenvalue weighted by molar-refractivity contribution is -0.384. The van der Waals surface area contributed by atoms with Gasteiger partial charge in [-0.2, -0.15) is 0 Å². The molecule has 0 fully saturated rings. The molecular formula is C13H16N6O2. The number of rotatable bonds is 4. The second-order valence-electron chi connectivity index (χ2n) is 5.01. The number of anilines is 1. The van der Waals surface area contributed by atoms with Gasteiger partial charge < -0.3 is 9.88 Å². The SMILES string of the molecule is CNc1cc(CN2CCn3cnnc3C2)ccc1[N+](=O)[O-]. The highest BCUT2D eigenvalue weighted by atomic mass is 16.6. The average Bonchev–Trinajstić information content (AvgIpc) is 2.94. The van der Waals surface area contributed by atoms with Crippen LogP contribution in [0.5, 0.6) is 0 Å². The van der Waals surface area contributed by atoms with Crippen LogP contribution in [0.1, 0.15) is 11.4 Å². The van der Waals surface area contributed by atoms with Gasteiger partial charge in [0.2, 0.25) is 0 Å². The number of fused-ring (bicyclic) bond motifs is 1.